The monoisotopic (exact) mass is 351 g/mol. The fourth-order valence-electron chi connectivity index (χ4n) is 3.44. The molecule has 1 fully saturated rings. The summed E-state index contributed by atoms with van der Waals surface area (Å²) in [5.74, 6) is 1.69. The lowest BCUT2D eigenvalue weighted by molar-refractivity contribution is 0.0682. The Morgan fingerprint density at radius 3 is 2.81 bits per heavy atom. The van der Waals surface area contributed by atoms with Crippen molar-refractivity contribution in [2.24, 2.45) is 5.92 Å². The van der Waals surface area contributed by atoms with Crippen molar-refractivity contribution in [1.29, 1.82) is 0 Å². The summed E-state index contributed by atoms with van der Waals surface area (Å²) in [5.41, 5.74) is 1.45. The molecule has 0 saturated carbocycles. The first-order chi connectivity index (χ1) is 12.7. The Balaban J connectivity index is 1.39. The van der Waals surface area contributed by atoms with Gasteiger partial charge in [0.2, 0.25) is 0 Å². The van der Waals surface area contributed by atoms with E-state index in [0.29, 0.717) is 11.5 Å². The van der Waals surface area contributed by atoms with Crippen LogP contribution in [0.5, 0.6) is 0 Å². The summed E-state index contributed by atoms with van der Waals surface area (Å²) in [5, 5.41) is 11.2. The second-order valence-electron chi connectivity index (χ2n) is 6.67. The number of hydrogen-bond donors (Lipinski definition) is 0. The molecule has 2 aromatic heterocycles. The van der Waals surface area contributed by atoms with Gasteiger partial charge >= 0.3 is 0 Å². The molecule has 1 aromatic carbocycles. The molecule has 26 heavy (non-hydrogen) atoms. The minimum Gasteiger partial charge on any atom is -0.339 e. The number of benzene rings is 1. The zero-order valence-electron chi connectivity index (χ0n) is 14.7. The molecule has 4 rings (SSSR count). The third-order valence-electron chi connectivity index (χ3n) is 4.99. The number of likely N-dealkylation sites (tertiary alicyclic amines) is 1. The van der Waals surface area contributed by atoms with E-state index in [1.807, 2.05) is 48.5 Å². The van der Waals surface area contributed by atoms with Crippen LogP contribution in [0.1, 0.15) is 29.0 Å². The van der Waals surface area contributed by atoms with Crippen molar-refractivity contribution < 1.29 is 4.79 Å². The van der Waals surface area contributed by atoms with Gasteiger partial charge in [0.1, 0.15) is 12.2 Å². The topological polar surface area (TPSA) is 81.7 Å². The normalized spacial score (nSPS) is 15.3. The Morgan fingerprint density at radius 2 is 2.12 bits per heavy atom. The summed E-state index contributed by atoms with van der Waals surface area (Å²) < 4.78 is 3.74. The second-order valence-corrected chi connectivity index (χ2v) is 6.67. The van der Waals surface area contributed by atoms with Gasteiger partial charge in [0, 0.05) is 37.6 Å². The minimum absolute atomic E-state index is 0.0668. The lowest BCUT2D eigenvalue weighted by Gasteiger charge is -2.32. The third-order valence-corrected chi connectivity index (χ3v) is 4.99. The largest absolute Gasteiger partial charge is 0.339 e. The van der Waals surface area contributed by atoms with E-state index in [2.05, 4.69) is 25.1 Å². The maximum atomic E-state index is 12.8. The Hall–Kier alpha value is -3.03. The van der Waals surface area contributed by atoms with Crippen LogP contribution in [0, 0.1) is 12.8 Å². The van der Waals surface area contributed by atoms with Gasteiger partial charge in [-0.2, -0.15) is 0 Å². The minimum atomic E-state index is 0.0668. The lowest BCUT2D eigenvalue weighted by Crippen LogP contribution is -2.39. The number of imidazole rings is 1. The number of tetrazole rings is 1. The number of carbonyl (C=O) groups excluding carboxylic acids is 1. The number of aromatic nitrogens is 6. The predicted molar refractivity (Wildman–Crippen MR) is 94.7 cm³/mol. The molecule has 3 heterocycles. The standard InChI is InChI=1S/C18H21N7O/c1-14-19-7-10-24(14)12-15-5-8-23(9-6-15)18(26)16-3-2-4-17(11-16)25-13-20-21-22-25/h2-4,7,10-11,13,15H,5-6,8-9,12H2,1H3. The van der Waals surface area contributed by atoms with Crippen molar-refractivity contribution in [3.63, 3.8) is 0 Å². The van der Waals surface area contributed by atoms with Gasteiger partial charge in [-0.3, -0.25) is 4.79 Å². The summed E-state index contributed by atoms with van der Waals surface area (Å²) >= 11 is 0. The molecule has 1 aliphatic rings. The number of nitrogens with zero attached hydrogens (tertiary/aromatic N) is 7. The highest BCUT2D eigenvalue weighted by Crippen LogP contribution is 2.22. The maximum absolute atomic E-state index is 12.8. The highest BCUT2D eigenvalue weighted by molar-refractivity contribution is 5.94. The molecule has 134 valence electrons. The average molecular weight is 351 g/mol. The number of rotatable bonds is 4. The van der Waals surface area contributed by atoms with Crippen molar-refractivity contribution in [3.05, 3.63) is 54.4 Å². The highest BCUT2D eigenvalue weighted by atomic mass is 16.2. The molecular weight excluding hydrogens is 330 g/mol. The fraction of sp³-hybridized carbons (Fsp3) is 0.389. The van der Waals surface area contributed by atoms with Crippen LogP contribution in [0.2, 0.25) is 0 Å². The van der Waals surface area contributed by atoms with E-state index in [1.165, 1.54) is 6.33 Å². The van der Waals surface area contributed by atoms with Gasteiger partial charge in [0.15, 0.2) is 0 Å². The van der Waals surface area contributed by atoms with Crippen LogP contribution < -0.4 is 0 Å². The number of piperidine rings is 1. The molecule has 0 aliphatic carbocycles. The first-order valence-corrected chi connectivity index (χ1v) is 8.81. The lowest BCUT2D eigenvalue weighted by atomic mass is 9.96. The summed E-state index contributed by atoms with van der Waals surface area (Å²) in [6.45, 7) is 4.57. The smallest absolute Gasteiger partial charge is 0.253 e. The summed E-state index contributed by atoms with van der Waals surface area (Å²) in [6, 6.07) is 7.42. The van der Waals surface area contributed by atoms with Crippen LogP contribution in [0.25, 0.3) is 5.69 Å². The molecule has 1 amide bonds. The van der Waals surface area contributed by atoms with Gasteiger partial charge in [-0.05, 0) is 54.3 Å². The van der Waals surface area contributed by atoms with E-state index < -0.39 is 0 Å². The number of hydrogen-bond acceptors (Lipinski definition) is 5. The SMILES string of the molecule is Cc1nccn1CC1CCN(C(=O)c2cccc(-n3cnnn3)c2)CC1. The number of amides is 1. The van der Waals surface area contributed by atoms with Gasteiger partial charge in [0.25, 0.3) is 5.91 Å². The number of carbonyl (C=O) groups is 1. The van der Waals surface area contributed by atoms with E-state index >= 15 is 0 Å². The van der Waals surface area contributed by atoms with Crippen LogP contribution in [-0.4, -0.2) is 53.7 Å². The van der Waals surface area contributed by atoms with Crippen LogP contribution >= 0.6 is 0 Å². The molecular formula is C18H21N7O. The van der Waals surface area contributed by atoms with Crippen molar-refractivity contribution in [2.75, 3.05) is 13.1 Å². The van der Waals surface area contributed by atoms with Crippen LogP contribution in [0.4, 0.5) is 0 Å². The molecule has 0 radical (unpaired) electrons. The molecule has 0 bridgehead atoms. The Kier molecular flexibility index (Phi) is 4.47. The molecule has 1 saturated heterocycles. The fourth-order valence-corrected chi connectivity index (χ4v) is 3.44. The third kappa shape index (κ3) is 3.35. The predicted octanol–water partition coefficient (Wildman–Crippen LogP) is 1.72. The van der Waals surface area contributed by atoms with E-state index in [9.17, 15) is 4.79 Å². The molecule has 0 unspecified atom stereocenters. The molecule has 1 aliphatic heterocycles. The van der Waals surface area contributed by atoms with E-state index in [1.54, 1.807) is 4.68 Å². The quantitative estimate of drug-likeness (QED) is 0.715. The van der Waals surface area contributed by atoms with Gasteiger partial charge < -0.3 is 9.47 Å². The van der Waals surface area contributed by atoms with Crippen molar-refractivity contribution in [3.8, 4) is 5.69 Å². The van der Waals surface area contributed by atoms with Crippen molar-refractivity contribution in [1.82, 2.24) is 34.7 Å². The average Bonchev–Trinajstić information content (AvgIpc) is 3.35. The van der Waals surface area contributed by atoms with E-state index in [4.69, 9.17) is 0 Å². The van der Waals surface area contributed by atoms with Crippen LogP contribution in [0.15, 0.2) is 43.0 Å². The maximum Gasteiger partial charge on any atom is 0.253 e. The van der Waals surface area contributed by atoms with Crippen LogP contribution in [0.3, 0.4) is 0 Å². The highest BCUT2D eigenvalue weighted by Gasteiger charge is 2.24. The molecule has 0 N–H and O–H groups in total. The van der Waals surface area contributed by atoms with E-state index in [-0.39, 0.29) is 5.91 Å². The van der Waals surface area contributed by atoms with Crippen molar-refractivity contribution >= 4 is 5.91 Å². The summed E-state index contributed by atoms with van der Waals surface area (Å²) in [7, 11) is 0. The molecule has 0 atom stereocenters. The van der Waals surface area contributed by atoms with Gasteiger partial charge in [-0.1, -0.05) is 6.07 Å². The van der Waals surface area contributed by atoms with E-state index in [0.717, 1.165) is 44.0 Å². The van der Waals surface area contributed by atoms with Crippen LogP contribution in [-0.2, 0) is 6.54 Å². The molecule has 8 nitrogen and oxygen atoms in total. The Bertz CT molecular complexity index is 879. The zero-order valence-corrected chi connectivity index (χ0v) is 14.7. The first-order valence-electron chi connectivity index (χ1n) is 8.81. The zero-order chi connectivity index (χ0) is 17.9. The number of aryl methyl sites for hydroxylation is 1. The Morgan fingerprint density at radius 1 is 1.27 bits per heavy atom. The summed E-state index contributed by atoms with van der Waals surface area (Å²) in [4.78, 5) is 19.1. The Labute approximate surface area is 151 Å². The molecule has 3 aromatic rings. The van der Waals surface area contributed by atoms with Gasteiger partial charge in [-0.15, -0.1) is 5.10 Å². The van der Waals surface area contributed by atoms with Gasteiger partial charge in [0.05, 0.1) is 5.69 Å². The van der Waals surface area contributed by atoms with Crippen molar-refractivity contribution in [2.45, 2.75) is 26.3 Å². The second kappa shape index (κ2) is 7.07. The summed E-state index contributed by atoms with van der Waals surface area (Å²) in [6.07, 6.45) is 7.41. The van der Waals surface area contributed by atoms with Gasteiger partial charge in [-0.25, -0.2) is 9.67 Å². The molecule has 0 spiro atoms. The first kappa shape index (κ1) is 16.4. The molecule has 8 heteroatoms.